The molecular formula is C15H15BrClNO2. The minimum absolute atomic E-state index is 0.0545. The van der Waals surface area contributed by atoms with E-state index >= 15 is 0 Å². The van der Waals surface area contributed by atoms with Gasteiger partial charge in [-0.1, -0.05) is 24.4 Å². The lowest BCUT2D eigenvalue weighted by Crippen LogP contribution is -2.31. The van der Waals surface area contributed by atoms with Gasteiger partial charge in [0.15, 0.2) is 0 Å². The van der Waals surface area contributed by atoms with Gasteiger partial charge in [0.25, 0.3) is 0 Å². The van der Waals surface area contributed by atoms with Crippen molar-refractivity contribution in [1.29, 1.82) is 0 Å². The Bertz CT molecular complexity index is 578. The average Bonchev–Trinajstić information content (AvgIpc) is 2.68. The van der Waals surface area contributed by atoms with Gasteiger partial charge in [0.2, 0.25) is 11.8 Å². The smallest absolute Gasteiger partial charge is 0.237 e. The molecule has 1 aromatic carbocycles. The standard InChI is InChI=1S/C15H15BrClNO2/c1-8-6-11(16)12(17)7-13(8)18-14(19)9-4-2-3-5-10(9)15(18)20/h6-7,9-10H,2-5H2,1H3. The highest BCUT2D eigenvalue weighted by atomic mass is 79.9. The summed E-state index contributed by atoms with van der Waals surface area (Å²) in [4.78, 5) is 26.5. The summed E-state index contributed by atoms with van der Waals surface area (Å²) in [6.45, 7) is 1.89. The van der Waals surface area contributed by atoms with Crippen LogP contribution in [0.4, 0.5) is 5.69 Å². The molecule has 20 heavy (non-hydrogen) atoms. The first-order valence-corrected chi connectivity index (χ1v) is 8.01. The Morgan fingerprint density at radius 2 is 1.70 bits per heavy atom. The Morgan fingerprint density at radius 1 is 1.15 bits per heavy atom. The summed E-state index contributed by atoms with van der Waals surface area (Å²) in [5.41, 5.74) is 1.50. The number of rotatable bonds is 1. The molecule has 1 saturated heterocycles. The molecule has 0 spiro atoms. The van der Waals surface area contributed by atoms with Crippen molar-refractivity contribution >= 4 is 45.0 Å². The summed E-state index contributed by atoms with van der Waals surface area (Å²) < 4.78 is 0.775. The van der Waals surface area contributed by atoms with E-state index in [1.807, 2.05) is 13.0 Å². The van der Waals surface area contributed by atoms with Gasteiger partial charge in [-0.05, 0) is 53.4 Å². The summed E-state index contributed by atoms with van der Waals surface area (Å²) in [6, 6.07) is 3.55. The van der Waals surface area contributed by atoms with Gasteiger partial charge in [0.05, 0.1) is 22.5 Å². The molecule has 2 amide bonds. The van der Waals surface area contributed by atoms with Crippen LogP contribution in [0.15, 0.2) is 16.6 Å². The van der Waals surface area contributed by atoms with Crippen LogP contribution in [0.3, 0.4) is 0 Å². The van der Waals surface area contributed by atoms with Crippen LogP contribution in [0.5, 0.6) is 0 Å². The highest BCUT2D eigenvalue weighted by molar-refractivity contribution is 9.10. The average molecular weight is 357 g/mol. The quantitative estimate of drug-likeness (QED) is 0.711. The van der Waals surface area contributed by atoms with Gasteiger partial charge in [0.1, 0.15) is 0 Å². The third-order valence-corrected chi connectivity index (χ3v) is 5.52. The number of carbonyl (C=O) groups is 2. The van der Waals surface area contributed by atoms with Crippen molar-refractivity contribution in [3.63, 3.8) is 0 Å². The molecule has 1 aliphatic heterocycles. The number of fused-ring (bicyclic) bond motifs is 1. The third kappa shape index (κ3) is 2.09. The number of hydrogen-bond acceptors (Lipinski definition) is 2. The van der Waals surface area contributed by atoms with Crippen molar-refractivity contribution in [2.45, 2.75) is 32.6 Å². The first kappa shape index (κ1) is 14.1. The molecule has 106 valence electrons. The molecular weight excluding hydrogens is 342 g/mol. The Kier molecular flexibility index (Phi) is 3.63. The van der Waals surface area contributed by atoms with E-state index in [-0.39, 0.29) is 23.7 Å². The van der Waals surface area contributed by atoms with Crippen LogP contribution in [0, 0.1) is 18.8 Å². The fourth-order valence-corrected chi connectivity index (χ4v) is 3.89. The summed E-state index contributed by atoms with van der Waals surface area (Å²) in [5, 5.41) is 0.515. The van der Waals surface area contributed by atoms with E-state index in [9.17, 15) is 9.59 Å². The second kappa shape index (κ2) is 5.15. The molecule has 2 aliphatic rings. The number of amides is 2. The molecule has 5 heteroatoms. The van der Waals surface area contributed by atoms with E-state index in [4.69, 9.17) is 11.6 Å². The largest absolute Gasteiger partial charge is 0.274 e. The van der Waals surface area contributed by atoms with Crippen molar-refractivity contribution < 1.29 is 9.59 Å². The van der Waals surface area contributed by atoms with E-state index < -0.39 is 0 Å². The molecule has 1 saturated carbocycles. The van der Waals surface area contributed by atoms with Crippen molar-refractivity contribution in [3.8, 4) is 0 Å². The molecule has 1 aliphatic carbocycles. The maximum atomic E-state index is 12.5. The number of halogens is 2. The first-order valence-electron chi connectivity index (χ1n) is 6.84. The number of imide groups is 1. The minimum Gasteiger partial charge on any atom is -0.274 e. The maximum Gasteiger partial charge on any atom is 0.237 e. The Labute approximate surface area is 131 Å². The summed E-state index contributed by atoms with van der Waals surface area (Å²) >= 11 is 9.48. The van der Waals surface area contributed by atoms with Crippen molar-refractivity contribution in [1.82, 2.24) is 0 Å². The van der Waals surface area contributed by atoms with Gasteiger partial charge in [-0.3, -0.25) is 9.59 Å². The van der Waals surface area contributed by atoms with Crippen LogP contribution < -0.4 is 4.90 Å². The molecule has 0 radical (unpaired) electrons. The van der Waals surface area contributed by atoms with E-state index in [0.29, 0.717) is 10.7 Å². The predicted octanol–water partition coefficient (Wildman–Crippen LogP) is 4.09. The third-order valence-electron chi connectivity index (χ3n) is 4.32. The molecule has 0 N–H and O–H groups in total. The normalized spacial score (nSPS) is 26.1. The zero-order valence-electron chi connectivity index (χ0n) is 11.2. The molecule has 1 aromatic rings. The molecule has 0 bridgehead atoms. The van der Waals surface area contributed by atoms with Crippen LogP contribution in [0.25, 0.3) is 0 Å². The summed E-state index contributed by atoms with van der Waals surface area (Å²) in [7, 11) is 0. The van der Waals surface area contributed by atoms with E-state index in [1.165, 1.54) is 4.90 Å². The van der Waals surface area contributed by atoms with E-state index in [0.717, 1.165) is 35.7 Å². The SMILES string of the molecule is Cc1cc(Br)c(Cl)cc1N1C(=O)C2CCCCC2C1=O. The number of anilines is 1. The molecule has 2 unspecified atom stereocenters. The molecule has 1 heterocycles. The molecule has 0 aromatic heterocycles. The lowest BCUT2D eigenvalue weighted by Gasteiger charge is -2.19. The Balaban J connectivity index is 2.04. The lowest BCUT2D eigenvalue weighted by atomic mass is 9.81. The van der Waals surface area contributed by atoms with Gasteiger partial charge in [0, 0.05) is 4.47 Å². The van der Waals surface area contributed by atoms with E-state index in [1.54, 1.807) is 6.07 Å². The van der Waals surface area contributed by atoms with Crippen LogP contribution in [-0.4, -0.2) is 11.8 Å². The zero-order chi connectivity index (χ0) is 14.4. The second-order valence-electron chi connectivity index (χ2n) is 5.56. The monoisotopic (exact) mass is 355 g/mol. The van der Waals surface area contributed by atoms with Gasteiger partial charge >= 0.3 is 0 Å². The van der Waals surface area contributed by atoms with Gasteiger partial charge in [-0.15, -0.1) is 0 Å². The number of nitrogens with zero attached hydrogens (tertiary/aromatic N) is 1. The van der Waals surface area contributed by atoms with Crippen LogP contribution in [0.1, 0.15) is 31.2 Å². The molecule has 2 atom stereocenters. The van der Waals surface area contributed by atoms with Crippen molar-refractivity contribution in [2.24, 2.45) is 11.8 Å². The molecule has 3 nitrogen and oxygen atoms in total. The summed E-state index contributed by atoms with van der Waals surface area (Å²) in [5.74, 6) is -0.362. The van der Waals surface area contributed by atoms with Crippen molar-refractivity contribution in [2.75, 3.05) is 4.90 Å². The first-order chi connectivity index (χ1) is 9.50. The molecule has 3 rings (SSSR count). The molecule has 2 fully saturated rings. The van der Waals surface area contributed by atoms with Gasteiger partial charge in [-0.25, -0.2) is 4.90 Å². The topological polar surface area (TPSA) is 37.4 Å². The predicted molar refractivity (Wildman–Crippen MR) is 81.8 cm³/mol. The fraction of sp³-hybridized carbons (Fsp3) is 0.467. The van der Waals surface area contributed by atoms with E-state index in [2.05, 4.69) is 15.9 Å². The second-order valence-corrected chi connectivity index (χ2v) is 6.82. The maximum absolute atomic E-state index is 12.5. The van der Waals surface area contributed by atoms with Crippen molar-refractivity contribution in [3.05, 3.63) is 27.2 Å². The zero-order valence-corrected chi connectivity index (χ0v) is 13.5. The highest BCUT2D eigenvalue weighted by Crippen LogP contribution is 2.42. The number of benzene rings is 1. The fourth-order valence-electron chi connectivity index (χ4n) is 3.28. The highest BCUT2D eigenvalue weighted by Gasteiger charge is 2.49. The minimum atomic E-state index is -0.127. The number of carbonyl (C=O) groups excluding carboxylic acids is 2. The van der Waals surface area contributed by atoms with Crippen LogP contribution in [0.2, 0.25) is 5.02 Å². The van der Waals surface area contributed by atoms with Gasteiger partial charge < -0.3 is 0 Å². The van der Waals surface area contributed by atoms with Gasteiger partial charge in [-0.2, -0.15) is 0 Å². The van der Waals surface area contributed by atoms with Crippen LogP contribution in [-0.2, 0) is 9.59 Å². The van der Waals surface area contributed by atoms with Crippen LogP contribution >= 0.6 is 27.5 Å². The number of aryl methyl sites for hydroxylation is 1. The summed E-state index contributed by atoms with van der Waals surface area (Å²) in [6.07, 6.45) is 3.73. The lowest BCUT2D eigenvalue weighted by molar-refractivity contribution is -0.122. The Morgan fingerprint density at radius 3 is 2.25 bits per heavy atom. The Hall–Kier alpha value is -0.870. The number of hydrogen-bond donors (Lipinski definition) is 0.